The molecule has 5 rings (SSSR count). The van der Waals surface area contributed by atoms with Crippen LogP contribution >= 0.6 is 0 Å². The Morgan fingerprint density at radius 1 is 1.27 bits per heavy atom. The van der Waals surface area contributed by atoms with Gasteiger partial charge in [0.2, 0.25) is 5.60 Å². The number of carbonyl (C=O) groups is 2. The predicted molar refractivity (Wildman–Crippen MR) is 68.3 cm³/mol. The van der Waals surface area contributed by atoms with E-state index >= 15 is 0 Å². The molecule has 7 nitrogen and oxygen atoms in total. The van der Waals surface area contributed by atoms with Crippen LogP contribution in [-0.4, -0.2) is 57.3 Å². The van der Waals surface area contributed by atoms with Gasteiger partial charge in [0.05, 0.1) is 22.5 Å². The van der Waals surface area contributed by atoms with E-state index in [0.29, 0.717) is 0 Å². The lowest BCUT2D eigenvalue weighted by Crippen LogP contribution is -2.68. The van der Waals surface area contributed by atoms with Gasteiger partial charge >= 0.3 is 11.9 Å². The van der Waals surface area contributed by atoms with Gasteiger partial charge in [-0.1, -0.05) is 0 Å². The predicted octanol–water partition coefficient (Wildman–Crippen LogP) is -0.867. The molecule has 7 heteroatoms. The normalized spacial score (nSPS) is 60.7. The van der Waals surface area contributed by atoms with E-state index in [-0.39, 0.29) is 6.42 Å². The molecule has 0 aromatic rings. The van der Waals surface area contributed by atoms with Crippen LogP contribution < -0.4 is 0 Å². The SMILES string of the molecule is CC(C)(O)[C@H]1[C@@H]2OC(=O)[C@@H]1[C@]1(O)C[C@H]3O[C@]34C(=O)O[C@H]2[C@]14C. The lowest BCUT2D eigenvalue weighted by Gasteiger charge is -2.53. The maximum Gasteiger partial charge on any atom is 0.342 e. The minimum Gasteiger partial charge on any atom is -0.458 e. The van der Waals surface area contributed by atoms with Gasteiger partial charge in [0.1, 0.15) is 12.2 Å². The summed E-state index contributed by atoms with van der Waals surface area (Å²) >= 11 is 0. The van der Waals surface area contributed by atoms with Crippen LogP contribution in [0.3, 0.4) is 0 Å². The summed E-state index contributed by atoms with van der Waals surface area (Å²) in [6, 6.07) is 0. The molecule has 0 radical (unpaired) electrons. The van der Waals surface area contributed by atoms with E-state index < -0.39 is 64.3 Å². The van der Waals surface area contributed by atoms with Crippen LogP contribution in [0.1, 0.15) is 27.2 Å². The third-order valence-electron chi connectivity index (χ3n) is 6.85. The Morgan fingerprint density at radius 2 is 1.95 bits per heavy atom. The van der Waals surface area contributed by atoms with Crippen LogP contribution in [0.4, 0.5) is 0 Å². The zero-order valence-electron chi connectivity index (χ0n) is 12.5. The summed E-state index contributed by atoms with van der Waals surface area (Å²) in [6.45, 7) is 4.92. The van der Waals surface area contributed by atoms with Crippen molar-refractivity contribution in [3.8, 4) is 0 Å². The molecule has 2 N–H and O–H groups in total. The minimum absolute atomic E-state index is 0.189. The molecule has 22 heavy (non-hydrogen) atoms. The van der Waals surface area contributed by atoms with Gasteiger partial charge in [-0.25, -0.2) is 4.79 Å². The third-order valence-corrected chi connectivity index (χ3v) is 6.85. The van der Waals surface area contributed by atoms with Crippen molar-refractivity contribution in [3.63, 3.8) is 0 Å². The molecular weight excluding hydrogens is 292 g/mol. The molecule has 3 saturated heterocycles. The van der Waals surface area contributed by atoms with E-state index in [4.69, 9.17) is 14.2 Å². The quantitative estimate of drug-likeness (QED) is 0.479. The fourth-order valence-electron chi connectivity index (χ4n) is 5.83. The van der Waals surface area contributed by atoms with Crippen molar-refractivity contribution < 1.29 is 34.0 Å². The van der Waals surface area contributed by atoms with Gasteiger partial charge in [0.15, 0.2) is 6.10 Å². The van der Waals surface area contributed by atoms with Crippen molar-refractivity contribution in [1.29, 1.82) is 0 Å². The van der Waals surface area contributed by atoms with E-state index in [9.17, 15) is 19.8 Å². The largest absolute Gasteiger partial charge is 0.458 e. The van der Waals surface area contributed by atoms with Gasteiger partial charge in [-0.05, 0) is 20.8 Å². The third kappa shape index (κ3) is 0.962. The number of rotatable bonds is 1. The Kier molecular flexibility index (Phi) is 1.85. The lowest BCUT2D eigenvalue weighted by atomic mass is 9.52. The van der Waals surface area contributed by atoms with Gasteiger partial charge in [-0.3, -0.25) is 4.79 Å². The fourth-order valence-corrected chi connectivity index (χ4v) is 5.83. The number of hydrogen-bond donors (Lipinski definition) is 2. The number of carbonyl (C=O) groups excluding carboxylic acids is 2. The van der Waals surface area contributed by atoms with Crippen LogP contribution in [0.2, 0.25) is 0 Å². The van der Waals surface area contributed by atoms with Crippen molar-refractivity contribution >= 4 is 11.9 Å². The van der Waals surface area contributed by atoms with Crippen molar-refractivity contribution in [3.05, 3.63) is 0 Å². The number of ether oxygens (including phenoxy) is 3. The van der Waals surface area contributed by atoms with Gasteiger partial charge in [0, 0.05) is 12.3 Å². The first kappa shape index (κ1) is 13.3. The second-order valence-corrected chi connectivity index (χ2v) is 8.06. The number of aliphatic hydroxyl groups is 2. The molecule has 2 bridgehead atoms. The summed E-state index contributed by atoms with van der Waals surface area (Å²) in [5.41, 5.74) is -4.89. The molecule has 120 valence electrons. The lowest BCUT2D eigenvalue weighted by molar-refractivity contribution is -0.223. The van der Waals surface area contributed by atoms with Gasteiger partial charge < -0.3 is 24.4 Å². The highest BCUT2D eigenvalue weighted by Gasteiger charge is 2.95. The highest BCUT2D eigenvalue weighted by Crippen LogP contribution is 2.77. The van der Waals surface area contributed by atoms with E-state index in [1.54, 1.807) is 20.8 Å². The Balaban J connectivity index is 1.76. The van der Waals surface area contributed by atoms with E-state index in [0.717, 1.165) is 0 Å². The van der Waals surface area contributed by atoms with Crippen LogP contribution in [0.5, 0.6) is 0 Å². The summed E-state index contributed by atoms with van der Waals surface area (Å²) in [4.78, 5) is 24.8. The molecule has 2 aliphatic carbocycles. The molecule has 0 aromatic carbocycles. The molecule has 2 saturated carbocycles. The fraction of sp³-hybridized carbons (Fsp3) is 0.867. The maximum absolute atomic E-state index is 12.4. The summed E-state index contributed by atoms with van der Waals surface area (Å²) in [6.07, 6.45) is -1.78. The Morgan fingerprint density at radius 3 is 2.59 bits per heavy atom. The average Bonchev–Trinajstić information content (AvgIpc) is 2.85. The van der Waals surface area contributed by atoms with Gasteiger partial charge in [-0.15, -0.1) is 0 Å². The zero-order chi connectivity index (χ0) is 15.9. The minimum atomic E-state index is -1.47. The Hall–Kier alpha value is -1.18. The second-order valence-electron chi connectivity index (χ2n) is 8.06. The van der Waals surface area contributed by atoms with E-state index in [1.165, 1.54) is 0 Å². The zero-order valence-corrected chi connectivity index (χ0v) is 12.5. The molecule has 0 amide bonds. The van der Waals surface area contributed by atoms with Crippen molar-refractivity contribution in [2.24, 2.45) is 17.3 Å². The number of epoxide rings is 1. The molecular formula is C15H18O7. The Bertz CT molecular complexity index is 638. The topological polar surface area (TPSA) is 106 Å². The molecule has 3 aliphatic heterocycles. The molecule has 5 aliphatic rings. The van der Waals surface area contributed by atoms with Gasteiger partial charge in [-0.2, -0.15) is 0 Å². The van der Waals surface area contributed by atoms with Crippen molar-refractivity contribution in [2.75, 3.05) is 0 Å². The van der Waals surface area contributed by atoms with Crippen LogP contribution in [0.25, 0.3) is 0 Å². The first-order valence-electron chi connectivity index (χ1n) is 7.63. The summed E-state index contributed by atoms with van der Waals surface area (Å²) in [5, 5.41) is 21.9. The molecule has 0 aromatic heterocycles. The van der Waals surface area contributed by atoms with Crippen LogP contribution in [-0.2, 0) is 23.8 Å². The highest BCUT2D eigenvalue weighted by molar-refractivity contribution is 5.91. The summed E-state index contributed by atoms with van der Waals surface area (Å²) < 4.78 is 16.5. The van der Waals surface area contributed by atoms with Crippen LogP contribution in [0, 0.1) is 17.3 Å². The molecule has 0 unspecified atom stereocenters. The number of fused-ring (bicyclic) bond motifs is 4. The second kappa shape index (κ2) is 3.07. The molecule has 5 fully saturated rings. The van der Waals surface area contributed by atoms with Crippen molar-refractivity contribution in [2.45, 2.75) is 62.3 Å². The number of hydrogen-bond acceptors (Lipinski definition) is 7. The van der Waals surface area contributed by atoms with E-state index in [1.807, 2.05) is 0 Å². The average molecular weight is 310 g/mol. The van der Waals surface area contributed by atoms with E-state index in [2.05, 4.69) is 0 Å². The monoisotopic (exact) mass is 310 g/mol. The highest BCUT2D eigenvalue weighted by atomic mass is 16.7. The number of esters is 2. The van der Waals surface area contributed by atoms with Crippen molar-refractivity contribution in [1.82, 2.24) is 0 Å². The summed E-state index contributed by atoms with van der Waals surface area (Å²) in [5.74, 6) is -2.51. The van der Waals surface area contributed by atoms with Crippen LogP contribution in [0.15, 0.2) is 0 Å². The first-order valence-corrected chi connectivity index (χ1v) is 7.63. The standard InChI is InChI=1S/C15H18O7/c1-12(2,18)6-7-10(16)20-8(6)9-13(3)14(7,19)4-5-15(13,22-5)11(17)21-9/h5-9,18-19H,4H2,1-3H3/t5-,6-,7-,8+,9-,13-,14-,15+/m1/s1. The maximum atomic E-state index is 12.4. The molecule has 3 heterocycles. The smallest absolute Gasteiger partial charge is 0.342 e. The van der Waals surface area contributed by atoms with Gasteiger partial charge in [0.25, 0.3) is 0 Å². The first-order chi connectivity index (χ1) is 10.1. The Labute approximate surface area is 126 Å². The molecule has 1 spiro atoms. The summed E-state index contributed by atoms with van der Waals surface area (Å²) in [7, 11) is 0. The molecule has 8 atom stereocenters.